The van der Waals surface area contributed by atoms with Gasteiger partial charge in [-0.15, -0.1) is 24.8 Å². The fraction of sp³-hybridized carbons (Fsp3) is 0.143. The molecule has 0 aliphatic heterocycles. The molecule has 2 radical (unpaired) electrons. The van der Waals surface area contributed by atoms with Gasteiger partial charge in [-0.2, -0.15) is 0 Å². The molecule has 0 bridgehead atoms. The lowest BCUT2D eigenvalue weighted by atomic mass is 9.81. The molecule has 0 atom stereocenters. The minimum absolute atomic E-state index is 0. The van der Waals surface area contributed by atoms with E-state index in [1.54, 1.807) is 0 Å². The Bertz CT molecular complexity index is 1940. The summed E-state index contributed by atoms with van der Waals surface area (Å²) in [5, 5.41) is 10.7. The van der Waals surface area contributed by atoms with E-state index in [1.807, 2.05) is 0 Å². The van der Waals surface area contributed by atoms with Crippen LogP contribution in [0.1, 0.15) is 25.0 Å². The van der Waals surface area contributed by atoms with Crippen molar-refractivity contribution in [3.05, 3.63) is 165 Å². The Morgan fingerprint density at radius 3 is 0.978 bits per heavy atom. The fourth-order valence-electron chi connectivity index (χ4n) is 6.62. The Morgan fingerprint density at radius 1 is 0.378 bits per heavy atom. The van der Waals surface area contributed by atoms with Gasteiger partial charge in [0.2, 0.25) is 0 Å². The van der Waals surface area contributed by atoms with E-state index in [2.05, 4.69) is 185 Å². The molecule has 2 aliphatic rings. The summed E-state index contributed by atoms with van der Waals surface area (Å²) in [5.41, 5.74) is 2.72. The summed E-state index contributed by atoms with van der Waals surface area (Å²) in [4.78, 5) is 0. The lowest BCUT2D eigenvalue weighted by Gasteiger charge is -2.22. The van der Waals surface area contributed by atoms with Crippen molar-refractivity contribution in [2.45, 2.75) is 37.8 Å². The van der Waals surface area contributed by atoms with Crippen molar-refractivity contribution < 1.29 is 0 Å². The number of rotatable bonds is 2. The number of benzene rings is 6. The van der Waals surface area contributed by atoms with E-state index in [1.165, 1.54) is 53.5 Å². The first-order chi connectivity index (χ1) is 20.9. The SMILES string of the molecule is CC1(c2cccc3ccccc23)C=c2ccccc2=C1.CC1(c2cccc3ccccc23)C=c2ccccc2=C1.C[Si]C.Cl.Cl. The molecule has 0 aromatic heterocycles. The molecule has 0 amide bonds. The molecular weight excluding hydrogens is 603 g/mol. The summed E-state index contributed by atoms with van der Waals surface area (Å²) in [7, 11) is 1.08. The molecule has 0 saturated carbocycles. The van der Waals surface area contributed by atoms with Crippen molar-refractivity contribution in [2.75, 3.05) is 0 Å². The standard InChI is InChI=1S/2C20H16.C2H6Si.2ClH/c2*1-20(13-16-8-2-3-9-17(16)14-20)19-12-6-10-15-7-4-5-11-18(15)19;1-3-2;;/h2*2-14H,1H3;1-2H3;2*1H. The summed E-state index contributed by atoms with van der Waals surface area (Å²) in [5.74, 6) is 0. The van der Waals surface area contributed by atoms with Crippen molar-refractivity contribution in [3.63, 3.8) is 0 Å². The summed E-state index contributed by atoms with van der Waals surface area (Å²) >= 11 is 0. The van der Waals surface area contributed by atoms with Gasteiger partial charge in [-0.25, -0.2) is 0 Å². The first kappa shape index (κ1) is 34.0. The van der Waals surface area contributed by atoms with Gasteiger partial charge >= 0.3 is 0 Å². The normalized spacial score (nSPS) is 14.1. The average Bonchev–Trinajstić information content (AvgIpc) is 3.58. The van der Waals surface area contributed by atoms with E-state index >= 15 is 0 Å². The predicted molar refractivity (Wildman–Crippen MR) is 204 cm³/mol. The zero-order chi connectivity index (χ0) is 29.9. The Hall–Kier alpha value is -3.88. The molecule has 0 fully saturated rings. The molecule has 8 rings (SSSR count). The monoisotopic (exact) mass is 642 g/mol. The highest BCUT2D eigenvalue weighted by atomic mass is 35.5. The third-order valence-electron chi connectivity index (χ3n) is 8.55. The third kappa shape index (κ3) is 6.87. The summed E-state index contributed by atoms with van der Waals surface area (Å²) in [6.45, 7) is 8.91. The molecule has 0 nitrogen and oxygen atoms in total. The molecule has 226 valence electrons. The highest BCUT2D eigenvalue weighted by molar-refractivity contribution is 6.31. The quantitative estimate of drug-likeness (QED) is 0.166. The van der Waals surface area contributed by atoms with Crippen LogP contribution in [0.25, 0.3) is 45.8 Å². The molecular formula is C42H40Cl2Si. The van der Waals surface area contributed by atoms with Gasteiger partial charge in [0.25, 0.3) is 0 Å². The van der Waals surface area contributed by atoms with Crippen molar-refractivity contribution >= 4 is 80.2 Å². The van der Waals surface area contributed by atoms with Crippen LogP contribution in [0.4, 0.5) is 0 Å². The van der Waals surface area contributed by atoms with Gasteiger partial charge < -0.3 is 0 Å². The number of hydrogen-bond acceptors (Lipinski definition) is 0. The number of hydrogen-bond donors (Lipinski definition) is 0. The van der Waals surface area contributed by atoms with Gasteiger partial charge in [-0.05, 0) is 67.4 Å². The van der Waals surface area contributed by atoms with E-state index < -0.39 is 0 Å². The topological polar surface area (TPSA) is 0 Å². The molecule has 0 spiro atoms. The Labute approximate surface area is 282 Å². The van der Waals surface area contributed by atoms with Gasteiger partial charge in [0.1, 0.15) is 0 Å². The van der Waals surface area contributed by atoms with Crippen LogP contribution in [0.2, 0.25) is 13.1 Å². The fourth-order valence-corrected chi connectivity index (χ4v) is 6.62. The molecule has 45 heavy (non-hydrogen) atoms. The van der Waals surface area contributed by atoms with Crippen LogP contribution >= 0.6 is 24.8 Å². The molecule has 3 heteroatoms. The van der Waals surface area contributed by atoms with Crippen molar-refractivity contribution in [1.29, 1.82) is 0 Å². The second-order valence-corrected chi connectivity index (χ2v) is 13.0. The largest absolute Gasteiger partial charge is 0.147 e. The van der Waals surface area contributed by atoms with E-state index in [-0.39, 0.29) is 35.6 Å². The lowest BCUT2D eigenvalue weighted by molar-refractivity contribution is 0.873. The first-order valence-electron chi connectivity index (χ1n) is 15.1. The van der Waals surface area contributed by atoms with Crippen LogP contribution < -0.4 is 20.9 Å². The van der Waals surface area contributed by atoms with Crippen molar-refractivity contribution in [1.82, 2.24) is 0 Å². The van der Waals surface area contributed by atoms with Gasteiger partial charge in [0.15, 0.2) is 0 Å². The Kier molecular flexibility index (Phi) is 10.9. The summed E-state index contributed by atoms with van der Waals surface area (Å²) in [6.07, 6.45) is 9.52. The van der Waals surface area contributed by atoms with E-state index in [0.29, 0.717) is 0 Å². The Morgan fingerprint density at radius 2 is 0.644 bits per heavy atom. The summed E-state index contributed by atoms with van der Waals surface area (Å²) in [6, 6.07) is 47.7. The molecule has 0 unspecified atom stereocenters. The molecule has 0 saturated heterocycles. The molecule has 6 aromatic carbocycles. The van der Waals surface area contributed by atoms with Crippen LogP contribution in [-0.4, -0.2) is 9.52 Å². The maximum atomic E-state index is 2.38. The molecule has 6 aromatic rings. The molecule has 0 N–H and O–H groups in total. The van der Waals surface area contributed by atoms with Crippen molar-refractivity contribution in [2.24, 2.45) is 0 Å². The van der Waals surface area contributed by atoms with Crippen LogP contribution in [0.3, 0.4) is 0 Å². The number of halogens is 2. The van der Waals surface area contributed by atoms with Gasteiger partial charge in [0, 0.05) is 20.3 Å². The zero-order valence-corrected chi connectivity index (χ0v) is 29.0. The van der Waals surface area contributed by atoms with Crippen LogP contribution in [0.5, 0.6) is 0 Å². The lowest BCUT2D eigenvalue weighted by Crippen LogP contribution is -2.19. The van der Waals surface area contributed by atoms with Gasteiger partial charge in [-0.3, -0.25) is 0 Å². The minimum atomic E-state index is -0.0233. The maximum absolute atomic E-state index is 2.38. The smallest absolute Gasteiger partial charge is 0.0307 e. The number of fused-ring (bicyclic) bond motifs is 4. The molecule has 0 heterocycles. The third-order valence-corrected chi connectivity index (χ3v) is 8.55. The second-order valence-electron chi connectivity index (χ2n) is 12.0. The Balaban J connectivity index is 0.000000181. The van der Waals surface area contributed by atoms with Crippen LogP contribution in [0, 0.1) is 0 Å². The minimum Gasteiger partial charge on any atom is -0.147 e. The molecule has 2 aliphatic carbocycles. The highest BCUT2D eigenvalue weighted by Crippen LogP contribution is 2.35. The van der Waals surface area contributed by atoms with Crippen molar-refractivity contribution in [3.8, 4) is 0 Å². The van der Waals surface area contributed by atoms with Gasteiger partial charge in [-0.1, -0.05) is 171 Å². The summed E-state index contributed by atoms with van der Waals surface area (Å²) < 4.78 is 0. The van der Waals surface area contributed by atoms with Crippen LogP contribution in [0.15, 0.2) is 133 Å². The predicted octanol–water partition coefficient (Wildman–Crippen LogP) is 8.38. The van der Waals surface area contributed by atoms with E-state index in [9.17, 15) is 0 Å². The van der Waals surface area contributed by atoms with E-state index in [0.717, 1.165) is 9.52 Å². The van der Waals surface area contributed by atoms with Crippen LogP contribution in [-0.2, 0) is 10.8 Å². The highest BCUT2D eigenvalue weighted by Gasteiger charge is 2.26. The second kappa shape index (κ2) is 14.5. The maximum Gasteiger partial charge on any atom is 0.0307 e. The average molecular weight is 644 g/mol. The van der Waals surface area contributed by atoms with Gasteiger partial charge in [0.05, 0.1) is 0 Å². The first-order valence-corrected chi connectivity index (χ1v) is 17.1. The zero-order valence-electron chi connectivity index (χ0n) is 26.3. The van der Waals surface area contributed by atoms with E-state index in [4.69, 9.17) is 0 Å².